The minimum Gasteiger partial charge on any atom is -0.506 e. The Morgan fingerprint density at radius 3 is 3.31 bits per heavy atom. The highest BCUT2D eigenvalue weighted by Crippen LogP contribution is 2.20. The van der Waals surface area contributed by atoms with Crippen molar-refractivity contribution in [1.29, 1.82) is 0 Å². The lowest BCUT2D eigenvalue weighted by Gasteiger charge is -2.08. The van der Waals surface area contributed by atoms with Crippen molar-refractivity contribution in [3.8, 4) is 5.75 Å². The highest BCUT2D eigenvalue weighted by Gasteiger charge is 2.17. The average Bonchev–Trinajstić information content (AvgIpc) is 2.90. The molecule has 1 aliphatic heterocycles. The molecule has 1 saturated heterocycles. The monoisotopic (exact) mass is 217 g/mol. The van der Waals surface area contributed by atoms with E-state index in [2.05, 4.69) is 10.3 Å². The maximum absolute atomic E-state index is 9.67. The molecular weight excluding hydrogens is 202 g/mol. The topological polar surface area (TPSA) is 49.6 Å². The molecule has 2 aromatic rings. The van der Waals surface area contributed by atoms with E-state index in [4.69, 9.17) is 0 Å². The fourth-order valence-corrected chi connectivity index (χ4v) is 2.36. The summed E-state index contributed by atoms with van der Waals surface area (Å²) in [5.74, 6) is 1.31. The highest BCUT2D eigenvalue weighted by atomic mass is 16.3. The Bertz CT molecular complexity index is 500. The highest BCUT2D eigenvalue weighted by molar-refractivity contribution is 5.58. The molecule has 0 aliphatic carbocycles. The molecular formula is C12H15N3O. The Balaban J connectivity index is 1.94. The maximum atomic E-state index is 9.67. The summed E-state index contributed by atoms with van der Waals surface area (Å²) < 4.78 is 1.97. The summed E-state index contributed by atoms with van der Waals surface area (Å²) in [5, 5.41) is 13.1. The molecule has 2 N–H and O–H groups in total. The summed E-state index contributed by atoms with van der Waals surface area (Å²) in [7, 11) is 0. The molecule has 4 nitrogen and oxygen atoms in total. The van der Waals surface area contributed by atoms with Crippen LogP contribution in [0.4, 0.5) is 0 Å². The largest absolute Gasteiger partial charge is 0.506 e. The van der Waals surface area contributed by atoms with Gasteiger partial charge in [0.25, 0.3) is 0 Å². The fourth-order valence-electron chi connectivity index (χ4n) is 2.36. The number of hydrogen-bond donors (Lipinski definition) is 2. The van der Waals surface area contributed by atoms with Gasteiger partial charge in [-0.3, -0.25) is 0 Å². The summed E-state index contributed by atoms with van der Waals surface area (Å²) in [6.45, 7) is 1.11. The summed E-state index contributed by atoms with van der Waals surface area (Å²) >= 11 is 0. The van der Waals surface area contributed by atoms with Gasteiger partial charge in [0.15, 0.2) is 0 Å². The lowest BCUT2D eigenvalue weighted by atomic mass is 10.1. The van der Waals surface area contributed by atoms with Crippen LogP contribution in [0.3, 0.4) is 0 Å². The van der Waals surface area contributed by atoms with Crippen LogP contribution >= 0.6 is 0 Å². The van der Waals surface area contributed by atoms with Crippen LogP contribution in [0.15, 0.2) is 24.5 Å². The third kappa shape index (κ3) is 1.55. The second-order valence-corrected chi connectivity index (χ2v) is 4.32. The zero-order valence-electron chi connectivity index (χ0n) is 9.06. The van der Waals surface area contributed by atoms with Gasteiger partial charge in [-0.15, -0.1) is 0 Å². The van der Waals surface area contributed by atoms with Crippen molar-refractivity contribution in [2.75, 3.05) is 6.54 Å². The molecule has 0 radical (unpaired) electrons. The van der Waals surface area contributed by atoms with Gasteiger partial charge in [0.05, 0.1) is 6.20 Å². The first kappa shape index (κ1) is 9.66. The van der Waals surface area contributed by atoms with E-state index in [1.165, 1.54) is 12.8 Å². The number of nitrogens with zero attached hydrogens (tertiary/aromatic N) is 2. The molecule has 0 bridgehead atoms. The van der Waals surface area contributed by atoms with E-state index in [-0.39, 0.29) is 0 Å². The lowest BCUT2D eigenvalue weighted by molar-refractivity contribution is 0.478. The first-order chi connectivity index (χ1) is 7.84. The minimum absolute atomic E-state index is 0.292. The number of imidazole rings is 1. The number of hydrogen-bond acceptors (Lipinski definition) is 3. The Morgan fingerprint density at radius 1 is 1.56 bits per heavy atom. The first-order valence-corrected chi connectivity index (χ1v) is 5.72. The van der Waals surface area contributed by atoms with Crippen molar-refractivity contribution >= 4 is 5.52 Å². The van der Waals surface area contributed by atoms with Gasteiger partial charge in [-0.2, -0.15) is 0 Å². The predicted molar refractivity (Wildman–Crippen MR) is 61.6 cm³/mol. The number of pyridine rings is 1. The Kier molecular flexibility index (Phi) is 2.29. The van der Waals surface area contributed by atoms with Crippen molar-refractivity contribution in [1.82, 2.24) is 14.7 Å². The molecule has 3 heterocycles. The molecule has 16 heavy (non-hydrogen) atoms. The molecule has 4 heteroatoms. The predicted octanol–water partition coefficient (Wildman–Crippen LogP) is 1.33. The first-order valence-electron chi connectivity index (χ1n) is 5.72. The number of rotatable bonds is 2. The number of fused-ring (bicyclic) bond motifs is 1. The maximum Gasteiger partial charge on any atom is 0.141 e. The molecule has 0 aromatic carbocycles. The molecule has 3 rings (SSSR count). The van der Waals surface area contributed by atoms with E-state index in [9.17, 15) is 5.11 Å². The van der Waals surface area contributed by atoms with Crippen molar-refractivity contribution < 1.29 is 5.11 Å². The van der Waals surface area contributed by atoms with Crippen LogP contribution in [0.5, 0.6) is 5.75 Å². The standard InChI is InChI=1S/C12H15N3O/c16-11-4-2-6-15-10(11)8-14-12(15)7-9-3-1-5-13-9/h2,4,6,8-9,13,16H,1,3,5,7H2. The molecule has 84 valence electrons. The average molecular weight is 217 g/mol. The van der Waals surface area contributed by atoms with E-state index in [0.717, 1.165) is 24.3 Å². The van der Waals surface area contributed by atoms with Crippen LogP contribution in [0.2, 0.25) is 0 Å². The second-order valence-electron chi connectivity index (χ2n) is 4.32. The fraction of sp³-hybridized carbons (Fsp3) is 0.417. The van der Waals surface area contributed by atoms with Crippen LogP contribution in [0.1, 0.15) is 18.7 Å². The molecule has 1 fully saturated rings. The van der Waals surface area contributed by atoms with E-state index in [1.54, 1.807) is 12.3 Å². The number of aromatic nitrogens is 2. The SMILES string of the molecule is Oc1cccn2c(CC3CCCN3)ncc12. The molecule has 1 unspecified atom stereocenters. The normalized spacial score (nSPS) is 20.6. The van der Waals surface area contributed by atoms with Gasteiger partial charge in [-0.05, 0) is 31.5 Å². The van der Waals surface area contributed by atoms with Crippen molar-refractivity contribution in [3.05, 3.63) is 30.4 Å². The summed E-state index contributed by atoms with van der Waals surface area (Å²) in [4.78, 5) is 4.38. The molecule has 1 aliphatic rings. The molecule has 0 saturated carbocycles. The van der Waals surface area contributed by atoms with Crippen LogP contribution in [0.25, 0.3) is 5.52 Å². The van der Waals surface area contributed by atoms with Crippen LogP contribution in [-0.4, -0.2) is 27.1 Å². The third-order valence-electron chi connectivity index (χ3n) is 3.22. The van der Waals surface area contributed by atoms with Crippen LogP contribution in [-0.2, 0) is 6.42 Å². The summed E-state index contributed by atoms with van der Waals surface area (Å²) in [5.41, 5.74) is 0.787. The lowest BCUT2D eigenvalue weighted by Crippen LogP contribution is -2.24. The Morgan fingerprint density at radius 2 is 2.50 bits per heavy atom. The van der Waals surface area contributed by atoms with Gasteiger partial charge in [0, 0.05) is 18.7 Å². The molecule has 1 atom stereocenters. The second kappa shape index (κ2) is 3.79. The molecule has 0 spiro atoms. The van der Waals surface area contributed by atoms with Gasteiger partial charge in [-0.1, -0.05) is 0 Å². The smallest absolute Gasteiger partial charge is 0.141 e. The van der Waals surface area contributed by atoms with Crippen LogP contribution < -0.4 is 5.32 Å². The van der Waals surface area contributed by atoms with Crippen LogP contribution in [0, 0.1) is 0 Å². The van der Waals surface area contributed by atoms with Crippen molar-refractivity contribution in [2.24, 2.45) is 0 Å². The van der Waals surface area contributed by atoms with Gasteiger partial charge < -0.3 is 14.8 Å². The van der Waals surface area contributed by atoms with E-state index >= 15 is 0 Å². The van der Waals surface area contributed by atoms with Gasteiger partial charge in [0.1, 0.15) is 17.1 Å². The van der Waals surface area contributed by atoms with Crippen molar-refractivity contribution in [3.63, 3.8) is 0 Å². The van der Waals surface area contributed by atoms with Gasteiger partial charge in [-0.25, -0.2) is 4.98 Å². The quantitative estimate of drug-likeness (QED) is 0.798. The summed E-state index contributed by atoms with van der Waals surface area (Å²) in [6.07, 6.45) is 7.08. The Hall–Kier alpha value is -1.55. The molecule has 2 aromatic heterocycles. The van der Waals surface area contributed by atoms with Gasteiger partial charge in [0.2, 0.25) is 0 Å². The number of aromatic hydroxyl groups is 1. The zero-order chi connectivity index (χ0) is 11.0. The minimum atomic E-state index is 0.292. The van der Waals surface area contributed by atoms with Gasteiger partial charge >= 0.3 is 0 Å². The van der Waals surface area contributed by atoms with E-state index in [1.807, 2.05) is 16.7 Å². The number of nitrogens with one attached hydrogen (secondary N) is 1. The van der Waals surface area contributed by atoms with E-state index < -0.39 is 0 Å². The van der Waals surface area contributed by atoms with Crippen molar-refractivity contribution in [2.45, 2.75) is 25.3 Å². The zero-order valence-corrected chi connectivity index (χ0v) is 9.06. The van der Waals surface area contributed by atoms with E-state index in [0.29, 0.717) is 11.8 Å². The third-order valence-corrected chi connectivity index (χ3v) is 3.22. The Labute approximate surface area is 93.9 Å². The summed E-state index contributed by atoms with van der Waals surface area (Å²) in [6, 6.07) is 4.07. The molecule has 0 amide bonds.